The van der Waals surface area contributed by atoms with E-state index >= 15 is 0 Å². The van der Waals surface area contributed by atoms with Crippen LogP contribution in [0.25, 0.3) is 0 Å². The molecule has 0 aliphatic rings. The molecule has 0 heterocycles. The van der Waals surface area contributed by atoms with Gasteiger partial charge in [0.2, 0.25) is 0 Å². The first-order valence-corrected chi connectivity index (χ1v) is 7.50. The van der Waals surface area contributed by atoms with Crippen LogP contribution in [0, 0.1) is 5.92 Å². The van der Waals surface area contributed by atoms with Crippen molar-refractivity contribution in [3.63, 3.8) is 0 Å². The Kier molecular flexibility index (Phi) is 14.8. The summed E-state index contributed by atoms with van der Waals surface area (Å²) in [6, 6.07) is 0. The van der Waals surface area contributed by atoms with Gasteiger partial charge in [-0.2, -0.15) is 0 Å². The summed E-state index contributed by atoms with van der Waals surface area (Å²) in [6.45, 7) is 11.2. The van der Waals surface area contributed by atoms with Gasteiger partial charge in [0.15, 0.2) is 0 Å². The summed E-state index contributed by atoms with van der Waals surface area (Å²) >= 11 is 0. The van der Waals surface area contributed by atoms with E-state index in [1.165, 1.54) is 19.3 Å². The lowest BCUT2D eigenvalue weighted by Gasteiger charge is -2.07. The van der Waals surface area contributed by atoms with E-state index in [0.29, 0.717) is 26.4 Å². The summed E-state index contributed by atoms with van der Waals surface area (Å²) in [5.74, 6) is 0.807. The largest absolute Gasteiger partial charge is 0.379 e. The molecule has 0 unspecified atom stereocenters. The molecule has 0 bridgehead atoms. The zero-order valence-corrected chi connectivity index (χ0v) is 12.6. The molecular formula is C15H32O3. The van der Waals surface area contributed by atoms with Gasteiger partial charge in [0.1, 0.15) is 0 Å². The average Bonchev–Trinajstić information content (AvgIpc) is 2.34. The SMILES string of the molecule is CCCCOCCOCCOCCCCC(C)C. The van der Waals surface area contributed by atoms with Gasteiger partial charge < -0.3 is 14.2 Å². The van der Waals surface area contributed by atoms with Crippen LogP contribution in [0.2, 0.25) is 0 Å². The van der Waals surface area contributed by atoms with Crippen molar-refractivity contribution in [3.8, 4) is 0 Å². The first-order valence-electron chi connectivity index (χ1n) is 7.50. The average molecular weight is 260 g/mol. The van der Waals surface area contributed by atoms with Gasteiger partial charge >= 0.3 is 0 Å². The molecule has 0 aliphatic carbocycles. The first-order chi connectivity index (χ1) is 8.77. The van der Waals surface area contributed by atoms with E-state index < -0.39 is 0 Å². The van der Waals surface area contributed by atoms with Crippen molar-refractivity contribution >= 4 is 0 Å². The Hall–Kier alpha value is -0.120. The van der Waals surface area contributed by atoms with Crippen LogP contribution in [0.4, 0.5) is 0 Å². The highest BCUT2D eigenvalue weighted by atomic mass is 16.5. The molecule has 0 rings (SSSR count). The fraction of sp³-hybridized carbons (Fsp3) is 1.00. The Morgan fingerprint density at radius 3 is 1.67 bits per heavy atom. The Labute approximate surface area is 113 Å². The molecule has 110 valence electrons. The number of hydrogen-bond donors (Lipinski definition) is 0. The lowest BCUT2D eigenvalue weighted by atomic mass is 10.1. The molecule has 0 amide bonds. The highest BCUT2D eigenvalue weighted by Gasteiger charge is 1.95. The number of hydrogen-bond acceptors (Lipinski definition) is 3. The summed E-state index contributed by atoms with van der Waals surface area (Å²) in [5, 5.41) is 0. The van der Waals surface area contributed by atoms with Crippen molar-refractivity contribution in [2.24, 2.45) is 5.92 Å². The van der Waals surface area contributed by atoms with Crippen molar-refractivity contribution in [1.82, 2.24) is 0 Å². The molecule has 0 aromatic carbocycles. The third kappa shape index (κ3) is 15.9. The van der Waals surface area contributed by atoms with Crippen LogP contribution in [0.3, 0.4) is 0 Å². The fourth-order valence-corrected chi connectivity index (χ4v) is 1.54. The fourth-order valence-electron chi connectivity index (χ4n) is 1.54. The zero-order chi connectivity index (χ0) is 13.5. The van der Waals surface area contributed by atoms with Crippen LogP contribution in [0.1, 0.15) is 52.9 Å². The van der Waals surface area contributed by atoms with E-state index in [2.05, 4.69) is 20.8 Å². The maximum atomic E-state index is 5.49. The molecule has 0 spiro atoms. The summed E-state index contributed by atoms with van der Waals surface area (Å²) in [4.78, 5) is 0. The van der Waals surface area contributed by atoms with Gasteiger partial charge in [-0.15, -0.1) is 0 Å². The molecule has 0 radical (unpaired) electrons. The lowest BCUT2D eigenvalue weighted by molar-refractivity contribution is 0.0133. The van der Waals surface area contributed by atoms with Gasteiger partial charge in [-0.1, -0.05) is 40.0 Å². The highest BCUT2D eigenvalue weighted by molar-refractivity contribution is 4.46. The summed E-state index contributed by atoms with van der Waals surface area (Å²) in [5.41, 5.74) is 0. The van der Waals surface area contributed by atoms with Gasteiger partial charge in [-0.3, -0.25) is 0 Å². The number of rotatable bonds is 14. The third-order valence-corrected chi connectivity index (χ3v) is 2.71. The maximum absolute atomic E-state index is 5.49. The topological polar surface area (TPSA) is 27.7 Å². The predicted octanol–water partition coefficient (Wildman–Crippen LogP) is 3.66. The van der Waals surface area contributed by atoms with Gasteiger partial charge in [0, 0.05) is 13.2 Å². The molecule has 0 aromatic heterocycles. The van der Waals surface area contributed by atoms with Gasteiger partial charge in [0.25, 0.3) is 0 Å². The van der Waals surface area contributed by atoms with Gasteiger partial charge in [-0.25, -0.2) is 0 Å². The van der Waals surface area contributed by atoms with Crippen LogP contribution in [-0.4, -0.2) is 39.6 Å². The van der Waals surface area contributed by atoms with Crippen molar-refractivity contribution in [2.45, 2.75) is 52.9 Å². The van der Waals surface area contributed by atoms with E-state index in [9.17, 15) is 0 Å². The smallest absolute Gasteiger partial charge is 0.0701 e. The maximum Gasteiger partial charge on any atom is 0.0701 e. The molecule has 0 saturated heterocycles. The van der Waals surface area contributed by atoms with Crippen LogP contribution >= 0.6 is 0 Å². The van der Waals surface area contributed by atoms with E-state index in [-0.39, 0.29) is 0 Å². The highest BCUT2D eigenvalue weighted by Crippen LogP contribution is 2.05. The second-order valence-corrected chi connectivity index (χ2v) is 5.08. The molecule has 3 nitrogen and oxygen atoms in total. The van der Waals surface area contributed by atoms with Crippen LogP contribution in [0.15, 0.2) is 0 Å². The molecule has 0 aliphatic heterocycles. The number of ether oxygens (including phenoxy) is 3. The molecule has 0 atom stereocenters. The van der Waals surface area contributed by atoms with Crippen molar-refractivity contribution < 1.29 is 14.2 Å². The Morgan fingerprint density at radius 1 is 0.667 bits per heavy atom. The van der Waals surface area contributed by atoms with Crippen LogP contribution in [-0.2, 0) is 14.2 Å². The van der Waals surface area contributed by atoms with E-state index in [0.717, 1.165) is 32.0 Å². The Balaban J connectivity index is 2.90. The number of unbranched alkanes of at least 4 members (excludes halogenated alkanes) is 2. The Bertz CT molecular complexity index is 149. The predicted molar refractivity (Wildman–Crippen MR) is 76.1 cm³/mol. The summed E-state index contributed by atoms with van der Waals surface area (Å²) in [6.07, 6.45) is 6.06. The lowest BCUT2D eigenvalue weighted by Crippen LogP contribution is -2.10. The minimum Gasteiger partial charge on any atom is -0.379 e. The molecule has 18 heavy (non-hydrogen) atoms. The van der Waals surface area contributed by atoms with Crippen molar-refractivity contribution in [2.75, 3.05) is 39.6 Å². The zero-order valence-electron chi connectivity index (χ0n) is 12.6. The molecular weight excluding hydrogens is 228 g/mol. The monoisotopic (exact) mass is 260 g/mol. The van der Waals surface area contributed by atoms with Gasteiger partial charge in [-0.05, 0) is 18.8 Å². The van der Waals surface area contributed by atoms with Crippen molar-refractivity contribution in [1.29, 1.82) is 0 Å². The van der Waals surface area contributed by atoms with E-state index in [1.807, 2.05) is 0 Å². The van der Waals surface area contributed by atoms with E-state index in [1.54, 1.807) is 0 Å². The standard InChI is InChI=1S/C15H32O3/c1-4-5-9-16-11-13-18-14-12-17-10-7-6-8-15(2)3/h15H,4-14H2,1-3H3. The first kappa shape index (κ1) is 17.9. The second kappa shape index (κ2) is 14.9. The van der Waals surface area contributed by atoms with Crippen LogP contribution in [0.5, 0.6) is 0 Å². The summed E-state index contributed by atoms with van der Waals surface area (Å²) in [7, 11) is 0. The normalized spacial score (nSPS) is 11.3. The van der Waals surface area contributed by atoms with Gasteiger partial charge in [0.05, 0.1) is 26.4 Å². The minimum atomic E-state index is 0.681. The summed E-state index contributed by atoms with van der Waals surface area (Å²) < 4.78 is 16.3. The second-order valence-electron chi connectivity index (χ2n) is 5.08. The minimum absolute atomic E-state index is 0.681. The molecule has 0 N–H and O–H groups in total. The quantitative estimate of drug-likeness (QED) is 0.446. The Morgan fingerprint density at radius 2 is 1.17 bits per heavy atom. The molecule has 0 aromatic rings. The molecule has 3 heteroatoms. The molecule has 0 fully saturated rings. The third-order valence-electron chi connectivity index (χ3n) is 2.71. The molecule has 0 saturated carbocycles. The van der Waals surface area contributed by atoms with E-state index in [4.69, 9.17) is 14.2 Å². The van der Waals surface area contributed by atoms with Crippen molar-refractivity contribution in [3.05, 3.63) is 0 Å². The van der Waals surface area contributed by atoms with Crippen LogP contribution < -0.4 is 0 Å².